The van der Waals surface area contributed by atoms with Crippen LogP contribution in [0.25, 0.3) is 0 Å². The summed E-state index contributed by atoms with van der Waals surface area (Å²) in [6.07, 6.45) is 0. The van der Waals surface area contributed by atoms with Crippen molar-refractivity contribution in [1.29, 1.82) is 0 Å². The third-order valence-electron chi connectivity index (χ3n) is 3.12. The number of carbonyl (C=O) groups is 1. The Bertz CT molecular complexity index is 654. The molecule has 0 aliphatic carbocycles. The van der Waals surface area contributed by atoms with Crippen LogP contribution in [0.5, 0.6) is 0 Å². The van der Waals surface area contributed by atoms with Crippen LogP contribution in [0.3, 0.4) is 0 Å². The fourth-order valence-corrected chi connectivity index (χ4v) is 2.86. The Balaban J connectivity index is 0.00000312. The molecule has 0 radical (unpaired) electrons. The Morgan fingerprint density at radius 1 is 1.28 bits per heavy atom. The van der Waals surface area contributed by atoms with Crippen molar-refractivity contribution < 1.29 is 14.1 Å². The summed E-state index contributed by atoms with van der Waals surface area (Å²) in [5, 5.41) is 9.86. The molecule has 1 aromatic carbocycles. The zero-order chi connectivity index (χ0) is 17.2. The summed E-state index contributed by atoms with van der Waals surface area (Å²) >= 11 is 1.50. The second kappa shape index (κ2) is 11.9. The van der Waals surface area contributed by atoms with Crippen molar-refractivity contribution in [2.75, 3.05) is 33.4 Å². The van der Waals surface area contributed by atoms with Gasteiger partial charge in [0.25, 0.3) is 5.91 Å². The van der Waals surface area contributed by atoms with E-state index >= 15 is 0 Å². The van der Waals surface area contributed by atoms with Gasteiger partial charge in [0.2, 0.25) is 5.89 Å². The smallest absolute Gasteiger partial charge is 0.252 e. The van der Waals surface area contributed by atoms with Crippen LogP contribution in [0.4, 0.5) is 0 Å². The van der Waals surface area contributed by atoms with Crippen LogP contribution in [-0.4, -0.2) is 49.4 Å². The first kappa shape index (κ1) is 21.4. The summed E-state index contributed by atoms with van der Waals surface area (Å²) in [7, 11) is 1.66. The quantitative estimate of drug-likeness (QED) is 0.477. The lowest BCUT2D eigenvalue weighted by atomic mass is 10.2. The monoisotopic (exact) mass is 386 g/mol. The van der Waals surface area contributed by atoms with Crippen LogP contribution in [0.15, 0.2) is 33.7 Å². The van der Waals surface area contributed by atoms with Crippen molar-refractivity contribution in [2.45, 2.75) is 17.6 Å². The molecule has 138 valence electrons. The highest BCUT2D eigenvalue weighted by atomic mass is 35.5. The molecule has 2 rings (SSSR count). The lowest BCUT2D eigenvalue weighted by Gasteiger charge is -2.09. The number of carbonyl (C=O) groups excluding carboxylic acids is 1. The number of thioether (sulfide) groups is 1. The first-order valence-corrected chi connectivity index (χ1v) is 8.68. The Morgan fingerprint density at radius 2 is 2.08 bits per heavy atom. The predicted molar refractivity (Wildman–Crippen MR) is 99.4 cm³/mol. The van der Waals surface area contributed by atoms with Gasteiger partial charge in [-0.15, -0.1) is 24.2 Å². The summed E-state index contributed by atoms with van der Waals surface area (Å²) < 4.78 is 10.0. The SMILES string of the molecule is COCCNCCNC(=O)c1ccccc1SCc1nc(C)no1.Cl. The largest absolute Gasteiger partial charge is 0.383 e. The van der Waals surface area contributed by atoms with Gasteiger partial charge in [-0.2, -0.15) is 4.98 Å². The van der Waals surface area contributed by atoms with Crippen LogP contribution in [0.1, 0.15) is 22.1 Å². The van der Waals surface area contributed by atoms with E-state index in [9.17, 15) is 4.79 Å². The van der Waals surface area contributed by atoms with Crippen molar-refractivity contribution in [3.05, 3.63) is 41.5 Å². The molecular formula is C16H23ClN4O3S. The number of ether oxygens (including phenoxy) is 1. The molecule has 25 heavy (non-hydrogen) atoms. The number of aryl methyl sites for hydroxylation is 1. The third-order valence-corrected chi connectivity index (χ3v) is 4.18. The highest BCUT2D eigenvalue weighted by Gasteiger charge is 2.12. The fourth-order valence-electron chi connectivity index (χ4n) is 1.98. The molecule has 2 aromatic rings. The van der Waals surface area contributed by atoms with Gasteiger partial charge in [-0.3, -0.25) is 4.79 Å². The molecular weight excluding hydrogens is 364 g/mol. The number of nitrogens with one attached hydrogen (secondary N) is 2. The van der Waals surface area contributed by atoms with Crippen molar-refractivity contribution in [1.82, 2.24) is 20.8 Å². The number of rotatable bonds is 10. The van der Waals surface area contributed by atoms with Crippen LogP contribution in [0, 0.1) is 6.92 Å². The molecule has 0 bridgehead atoms. The molecule has 7 nitrogen and oxygen atoms in total. The molecule has 1 heterocycles. The Kier molecular flexibility index (Phi) is 10.2. The summed E-state index contributed by atoms with van der Waals surface area (Å²) in [5.41, 5.74) is 0.649. The van der Waals surface area contributed by atoms with Crippen molar-refractivity contribution in [2.24, 2.45) is 0 Å². The maximum atomic E-state index is 12.3. The van der Waals surface area contributed by atoms with Gasteiger partial charge in [-0.1, -0.05) is 17.3 Å². The van der Waals surface area contributed by atoms with E-state index in [0.29, 0.717) is 42.7 Å². The Hall–Kier alpha value is -1.61. The third kappa shape index (κ3) is 7.43. The molecule has 0 saturated heterocycles. The molecule has 0 aliphatic rings. The van der Waals surface area contributed by atoms with E-state index in [0.717, 1.165) is 11.4 Å². The Morgan fingerprint density at radius 3 is 2.80 bits per heavy atom. The standard InChI is InChI=1S/C16H22N4O3S.ClH/c1-12-19-15(23-20-12)11-24-14-6-4-3-5-13(14)16(21)18-8-7-17-9-10-22-2;/h3-6,17H,7-11H2,1-2H3,(H,18,21);1H. The van der Waals surface area contributed by atoms with Gasteiger partial charge in [0.05, 0.1) is 17.9 Å². The minimum absolute atomic E-state index is 0. The van der Waals surface area contributed by atoms with Gasteiger partial charge in [-0.25, -0.2) is 0 Å². The van der Waals surface area contributed by atoms with E-state index in [1.165, 1.54) is 11.8 Å². The summed E-state index contributed by atoms with van der Waals surface area (Å²) in [5.74, 6) is 1.60. The minimum atomic E-state index is -0.0895. The van der Waals surface area contributed by atoms with Crippen molar-refractivity contribution in [3.8, 4) is 0 Å². The first-order valence-electron chi connectivity index (χ1n) is 7.69. The average molecular weight is 387 g/mol. The second-order valence-corrected chi connectivity index (χ2v) is 6.04. The van der Waals surface area contributed by atoms with Crippen molar-refractivity contribution in [3.63, 3.8) is 0 Å². The number of halogens is 1. The summed E-state index contributed by atoms with van der Waals surface area (Å²) in [6.45, 7) is 4.46. The lowest BCUT2D eigenvalue weighted by Crippen LogP contribution is -2.33. The minimum Gasteiger partial charge on any atom is -0.383 e. The molecule has 2 N–H and O–H groups in total. The fraction of sp³-hybridized carbons (Fsp3) is 0.438. The summed E-state index contributed by atoms with van der Waals surface area (Å²) in [4.78, 5) is 17.4. The van der Waals surface area contributed by atoms with Crippen molar-refractivity contribution >= 4 is 30.1 Å². The zero-order valence-electron chi connectivity index (χ0n) is 14.3. The van der Waals surface area contributed by atoms with E-state index in [1.807, 2.05) is 24.3 Å². The molecule has 0 unspecified atom stereocenters. The van der Waals surface area contributed by atoms with Crippen LogP contribution in [0.2, 0.25) is 0 Å². The van der Waals surface area contributed by atoms with Gasteiger partial charge < -0.3 is 19.9 Å². The number of hydrogen-bond donors (Lipinski definition) is 2. The topological polar surface area (TPSA) is 89.3 Å². The molecule has 0 saturated carbocycles. The summed E-state index contributed by atoms with van der Waals surface area (Å²) in [6, 6.07) is 7.49. The average Bonchev–Trinajstić information content (AvgIpc) is 3.01. The van der Waals surface area contributed by atoms with E-state index in [-0.39, 0.29) is 18.3 Å². The molecule has 0 spiro atoms. The van der Waals surface area contributed by atoms with Crippen LogP contribution in [-0.2, 0) is 10.5 Å². The van der Waals surface area contributed by atoms with Gasteiger partial charge in [-0.05, 0) is 19.1 Å². The van der Waals surface area contributed by atoms with Crippen LogP contribution >= 0.6 is 24.2 Å². The first-order chi connectivity index (χ1) is 11.7. The molecule has 0 fully saturated rings. The maximum absolute atomic E-state index is 12.3. The van der Waals surface area contributed by atoms with Crippen LogP contribution < -0.4 is 10.6 Å². The molecule has 1 aromatic heterocycles. The number of benzene rings is 1. The molecule has 1 amide bonds. The predicted octanol–water partition coefficient (Wildman–Crippen LogP) is 2.06. The maximum Gasteiger partial charge on any atom is 0.252 e. The van der Waals surface area contributed by atoms with E-state index in [4.69, 9.17) is 9.26 Å². The number of aromatic nitrogens is 2. The zero-order valence-corrected chi connectivity index (χ0v) is 15.9. The Labute approximate surface area is 157 Å². The van der Waals surface area contributed by atoms with E-state index in [2.05, 4.69) is 20.8 Å². The number of amides is 1. The van der Waals surface area contributed by atoms with Gasteiger partial charge in [0, 0.05) is 31.6 Å². The number of nitrogens with zero attached hydrogens (tertiary/aromatic N) is 2. The van der Waals surface area contributed by atoms with Gasteiger partial charge in [0.1, 0.15) is 0 Å². The molecule has 0 atom stereocenters. The van der Waals surface area contributed by atoms with Gasteiger partial charge in [0.15, 0.2) is 5.82 Å². The second-order valence-electron chi connectivity index (χ2n) is 5.02. The highest BCUT2D eigenvalue weighted by molar-refractivity contribution is 7.98. The van der Waals surface area contributed by atoms with E-state index < -0.39 is 0 Å². The molecule has 9 heteroatoms. The van der Waals surface area contributed by atoms with Gasteiger partial charge >= 0.3 is 0 Å². The normalized spacial score (nSPS) is 10.3. The molecule has 0 aliphatic heterocycles. The lowest BCUT2D eigenvalue weighted by molar-refractivity contribution is 0.0950. The number of hydrogen-bond acceptors (Lipinski definition) is 7. The van der Waals surface area contributed by atoms with E-state index in [1.54, 1.807) is 14.0 Å². The highest BCUT2D eigenvalue weighted by Crippen LogP contribution is 2.25. The number of methoxy groups -OCH3 is 1.